The minimum atomic E-state index is 0. The molecule has 9 heavy (non-hydrogen) atoms. The summed E-state index contributed by atoms with van der Waals surface area (Å²) in [4.78, 5) is 0. The molecule has 0 aliphatic heterocycles. The van der Waals surface area contributed by atoms with Crippen LogP contribution in [-0.4, -0.2) is 0 Å². The summed E-state index contributed by atoms with van der Waals surface area (Å²) < 4.78 is 0. The van der Waals surface area contributed by atoms with Crippen LogP contribution in [0.5, 0.6) is 0 Å². The first-order chi connectivity index (χ1) is 3.91. The van der Waals surface area contributed by atoms with Crippen molar-refractivity contribution in [1.29, 1.82) is 0 Å². The van der Waals surface area contributed by atoms with Crippen LogP contribution in [0.1, 0.15) is 32.6 Å². The summed E-state index contributed by atoms with van der Waals surface area (Å²) in [5, 5.41) is 9.71. The van der Waals surface area contributed by atoms with Crippen molar-refractivity contribution in [3.8, 4) is 0 Å². The van der Waals surface area contributed by atoms with Crippen LogP contribution < -0.4 is 24.0 Å². The van der Waals surface area contributed by atoms with E-state index >= 15 is 0 Å². The van der Waals surface area contributed by atoms with Gasteiger partial charge >= 0.3 is 18.9 Å². The molecule has 0 heterocycles. The van der Waals surface area contributed by atoms with Crippen LogP contribution in [0, 0.1) is 0 Å². The zero-order valence-electron chi connectivity index (χ0n) is 6.39. The normalized spacial score (nSPS) is 9.44. The molecule has 0 spiro atoms. The fourth-order valence-electron chi connectivity index (χ4n) is 0.580. The number of allylic oxidation sites excluding steroid dienone is 1. The van der Waals surface area contributed by atoms with Gasteiger partial charge in [0.1, 0.15) is 0 Å². The minimum absolute atomic E-state index is 0. The molecular formula is C7H13LiO. The molecule has 0 aromatic carbocycles. The molecule has 0 aromatic heterocycles. The maximum Gasteiger partial charge on any atom is 1.00 e. The van der Waals surface area contributed by atoms with Crippen molar-refractivity contribution in [1.82, 2.24) is 0 Å². The monoisotopic (exact) mass is 120 g/mol. The summed E-state index contributed by atoms with van der Waals surface area (Å²) >= 11 is 0. The molecule has 0 aliphatic carbocycles. The molecule has 2 heteroatoms. The molecule has 0 amide bonds. The van der Waals surface area contributed by atoms with Crippen molar-refractivity contribution in [2.45, 2.75) is 32.6 Å². The van der Waals surface area contributed by atoms with Crippen LogP contribution in [0.4, 0.5) is 0 Å². The van der Waals surface area contributed by atoms with Gasteiger partial charge in [-0.3, -0.25) is 0 Å². The Labute approximate surface area is 69.3 Å². The van der Waals surface area contributed by atoms with E-state index in [4.69, 9.17) is 0 Å². The van der Waals surface area contributed by atoms with Crippen LogP contribution in [0.15, 0.2) is 12.3 Å². The SMILES string of the molecule is CCCCCC=C[O-].[Li+]. The first-order valence-electron chi connectivity index (χ1n) is 3.18. The van der Waals surface area contributed by atoms with Crippen molar-refractivity contribution in [3.63, 3.8) is 0 Å². The van der Waals surface area contributed by atoms with E-state index in [0.29, 0.717) is 0 Å². The number of hydrogen-bond donors (Lipinski definition) is 0. The number of hydrogen-bond acceptors (Lipinski definition) is 1. The van der Waals surface area contributed by atoms with E-state index in [2.05, 4.69) is 6.92 Å². The zero-order chi connectivity index (χ0) is 6.24. The molecule has 0 aliphatic rings. The maximum atomic E-state index is 9.71. The Balaban J connectivity index is 0. The molecule has 0 radical (unpaired) electrons. The van der Waals surface area contributed by atoms with Gasteiger partial charge in [0.05, 0.1) is 0 Å². The van der Waals surface area contributed by atoms with E-state index in [1.54, 1.807) is 6.08 Å². The Morgan fingerprint density at radius 2 is 2.00 bits per heavy atom. The van der Waals surface area contributed by atoms with Gasteiger partial charge in [0.2, 0.25) is 0 Å². The third kappa shape index (κ3) is 11.6. The van der Waals surface area contributed by atoms with Crippen molar-refractivity contribution in [3.05, 3.63) is 12.3 Å². The second-order valence-electron chi connectivity index (χ2n) is 1.87. The fraction of sp³-hybridized carbons (Fsp3) is 0.714. The van der Waals surface area contributed by atoms with Crippen LogP contribution in [0.2, 0.25) is 0 Å². The summed E-state index contributed by atoms with van der Waals surface area (Å²) in [5.41, 5.74) is 0. The summed E-state index contributed by atoms with van der Waals surface area (Å²) in [7, 11) is 0. The van der Waals surface area contributed by atoms with E-state index in [9.17, 15) is 5.11 Å². The molecule has 0 saturated heterocycles. The summed E-state index contributed by atoms with van der Waals surface area (Å²) in [5.74, 6) is 0. The minimum Gasteiger partial charge on any atom is -0.878 e. The summed E-state index contributed by atoms with van der Waals surface area (Å²) in [6.07, 6.45) is 7.13. The molecule has 1 nitrogen and oxygen atoms in total. The second kappa shape index (κ2) is 11.0. The number of rotatable bonds is 4. The predicted molar refractivity (Wildman–Crippen MR) is 33.3 cm³/mol. The topological polar surface area (TPSA) is 23.1 Å². The Hall–Kier alpha value is 0.137. The maximum absolute atomic E-state index is 9.71. The summed E-state index contributed by atoms with van der Waals surface area (Å²) in [6.45, 7) is 2.15. The van der Waals surface area contributed by atoms with Gasteiger partial charge in [0.25, 0.3) is 0 Å². The quantitative estimate of drug-likeness (QED) is 0.250. The third-order valence-corrected chi connectivity index (χ3v) is 1.07. The van der Waals surface area contributed by atoms with Gasteiger partial charge in [-0.1, -0.05) is 25.8 Å². The summed E-state index contributed by atoms with van der Waals surface area (Å²) in [6, 6.07) is 0. The smallest absolute Gasteiger partial charge is 0.878 e. The van der Waals surface area contributed by atoms with Gasteiger partial charge in [-0.05, 0) is 12.8 Å². The third-order valence-electron chi connectivity index (χ3n) is 1.07. The van der Waals surface area contributed by atoms with Gasteiger partial charge in [-0.15, -0.1) is 0 Å². The zero-order valence-corrected chi connectivity index (χ0v) is 6.39. The molecular weight excluding hydrogens is 107 g/mol. The largest absolute Gasteiger partial charge is 1.00 e. The van der Waals surface area contributed by atoms with E-state index in [1.807, 2.05) is 0 Å². The first-order valence-corrected chi connectivity index (χ1v) is 3.18. The second-order valence-corrected chi connectivity index (χ2v) is 1.87. The van der Waals surface area contributed by atoms with E-state index in [-0.39, 0.29) is 18.9 Å². The first kappa shape index (κ1) is 11.9. The predicted octanol–water partition coefficient (Wildman–Crippen LogP) is -1.56. The Bertz CT molecular complexity index is 61.9. The van der Waals surface area contributed by atoms with Crippen molar-refractivity contribution < 1.29 is 24.0 Å². The van der Waals surface area contributed by atoms with Crippen LogP contribution in [0.3, 0.4) is 0 Å². The van der Waals surface area contributed by atoms with Gasteiger partial charge in [0.15, 0.2) is 0 Å². The standard InChI is InChI=1S/C7H14O.Li/c1-2-3-4-5-6-7-8;/h6-8H,2-5H2,1H3;/q;+1/p-1. The average Bonchev–Trinajstić information content (AvgIpc) is 1.81. The van der Waals surface area contributed by atoms with Gasteiger partial charge in [0, 0.05) is 0 Å². The van der Waals surface area contributed by atoms with Crippen molar-refractivity contribution in [2.24, 2.45) is 0 Å². The molecule has 0 fully saturated rings. The van der Waals surface area contributed by atoms with Gasteiger partial charge in [-0.25, -0.2) is 0 Å². The average molecular weight is 120 g/mol. The van der Waals surface area contributed by atoms with Crippen molar-refractivity contribution in [2.75, 3.05) is 0 Å². The molecule has 0 atom stereocenters. The number of unbranched alkanes of at least 4 members (excludes halogenated alkanes) is 3. The van der Waals surface area contributed by atoms with Gasteiger partial charge < -0.3 is 5.11 Å². The molecule has 0 rings (SSSR count). The van der Waals surface area contributed by atoms with Crippen LogP contribution in [0.25, 0.3) is 0 Å². The van der Waals surface area contributed by atoms with Crippen LogP contribution >= 0.6 is 0 Å². The molecule has 48 valence electrons. The van der Waals surface area contributed by atoms with Gasteiger partial charge in [-0.2, -0.15) is 6.26 Å². The molecule has 0 N–H and O–H groups in total. The van der Waals surface area contributed by atoms with E-state index in [1.165, 1.54) is 12.8 Å². The fourth-order valence-corrected chi connectivity index (χ4v) is 0.580. The van der Waals surface area contributed by atoms with E-state index < -0.39 is 0 Å². The Morgan fingerprint density at radius 3 is 2.44 bits per heavy atom. The molecule has 0 aromatic rings. The van der Waals surface area contributed by atoms with Crippen molar-refractivity contribution >= 4 is 0 Å². The Morgan fingerprint density at radius 1 is 1.33 bits per heavy atom. The Kier molecular flexibility index (Phi) is 14.5. The molecule has 0 saturated carbocycles. The molecule has 0 unspecified atom stereocenters. The van der Waals surface area contributed by atoms with Crippen LogP contribution in [-0.2, 0) is 0 Å². The molecule has 0 bridgehead atoms. The van der Waals surface area contributed by atoms with E-state index in [0.717, 1.165) is 19.1 Å².